The van der Waals surface area contributed by atoms with Crippen molar-refractivity contribution >= 4 is 17.5 Å². The van der Waals surface area contributed by atoms with E-state index in [1.165, 1.54) is 0 Å². The third-order valence-corrected chi connectivity index (χ3v) is 2.40. The summed E-state index contributed by atoms with van der Waals surface area (Å²) in [5.74, 6) is -2.08. The Labute approximate surface area is 113 Å². The van der Waals surface area contributed by atoms with Gasteiger partial charge in [-0.05, 0) is 17.7 Å². The maximum Gasteiger partial charge on any atom is 0.397 e. The molecule has 0 aliphatic carbocycles. The van der Waals surface area contributed by atoms with Crippen LogP contribution in [0.15, 0.2) is 24.3 Å². The quantitative estimate of drug-likeness (QED) is 0.793. The first-order valence-electron chi connectivity index (χ1n) is 5.64. The van der Waals surface area contributed by atoms with Crippen LogP contribution in [0.3, 0.4) is 0 Å². The number of rotatable bonds is 5. The summed E-state index contributed by atoms with van der Waals surface area (Å²) in [6.45, 7) is -0.711. The minimum atomic E-state index is -4.63. The second kappa shape index (κ2) is 6.27. The van der Waals surface area contributed by atoms with E-state index in [0.29, 0.717) is 11.3 Å². The molecular weight excluding hydrogens is 275 g/mol. The molecule has 0 aliphatic rings. The molecule has 0 bridgehead atoms. The van der Waals surface area contributed by atoms with Gasteiger partial charge in [-0.1, -0.05) is 12.1 Å². The summed E-state index contributed by atoms with van der Waals surface area (Å²) in [5, 5.41) is 0. The minimum absolute atomic E-state index is 0.141. The molecule has 20 heavy (non-hydrogen) atoms. The van der Waals surface area contributed by atoms with Crippen LogP contribution in [0.2, 0.25) is 0 Å². The van der Waals surface area contributed by atoms with E-state index in [2.05, 4.69) is 0 Å². The van der Waals surface area contributed by atoms with Crippen molar-refractivity contribution in [3.05, 3.63) is 29.8 Å². The van der Waals surface area contributed by atoms with Crippen LogP contribution in [0, 0.1) is 0 Å². The Morgan fingerprint density at radius 2 is 1.70 bits per heavy atom. The Morgan fingerprint density at radius 1 is 1.15 bits per heavy atom. The molecule has 0 radical (unpaired) electrons. The van der Waals surface area contributed by atoms with Crippen LogP contribution in [0.1, 0.15) is 12.0 Å². The van der Waals surface area contributed by atoms with Crippen molar-refractivity contribution in [2.24, 2.45) is 5.73 Å². The zero-order chi connectivity index (χ0) is 15.3. The Balaban J connectivity index is 2.81. The maximum absolute atomic E-state index is 12.2. The lowest BCUT2D eigenvalue weighted by Crippen LogP contribution is -2.39. The first kappa shape index (κ1) is 15.8. The fourth-order valence-electron chi connectivity index (χ4n) is 1.55. The Kier molecular flexibility index (Phi) is 4.95. The van der Waals surface area contributed by atoms with Crippen molar-refractivity contribution in [3.8, 4) is 0 Å². The van der Waals surface area contributed by atoms with Crippen molar-refractivity contribution in [1.82, 2.24) is 4.90 Å². The number of amides is 2. The molecule has 0 aromatic heterocycles. The lowest BCUT2D eigenvalue weighted by molar-refractivity contribution is -0.162. The molecule has 0 aliphatic heterocycles. The van der Waals surface area contributed by atoms with Crippen LogP contribution < -0.4 is 11.5 Å². The second-order valence-electron chi connectivity index (χ2n) is 4.25. The van der Waals surface area contributed by atoms with Gasteiger partial charge in [-0.15, -0.1) is 0 Å². The first-order chi connectivity index (χ1) is 9.17. The number of carbonyl (C=O) groups excluding carboxylic acids is 2. The number of nitrogen functional groups attached to an aromatic ring is 1. The molecule has 2 amide bonds. The number of primary amides is 1. The number of anilines is 1. The zero-order valence-corrected chi connectivity index (χ0v) is 10.5. The van der Waals surface area contributed by atoms with Crippen molar-refractivity contribution in [3.63, 3.8) is 0 Å². The van der Waals surface area contributed by atoms with Gasteiger partial charge >= 0.3 is 6.18 Å². The molecule has 1 rings (SSSR count). The summed E-state index contributed by atoms with van der Waals surface area (Å²) in [6, 6.07) is 6.21. The van der Waals surface area contributed by atoms with Gasteiger partial charge in [0.15, 0.2) is 0 Å². The van der Waals surface area contributed by atoms with Crippen LogP contribution in [0.4, 0.5) is 18.9 Å². The fraction of sp³-hybridized carbons (Fsp3) is 0.333. The van der Waals surface area contributed by atoms with Gasteiger partial charge in [-0.2, -0.15) is 13.2 Å². The molecule has 110 valence electrons. The summed E-state index contributed by atoms with van der Waals surface area (Å²) in [4.78, 5) is 23.2. The van der Waals surface area contributed by atoms with Gasteiger partial charge in [0.25, 0.3) is 0 Å². The van der Waals surface area contributed by atoms with Crippen LogP contribution >= 0.6 is 0 Å². The fourth-order valence-corrected chi connectivity index (χ4v) is 1.55. The average molecular weight is 289 g/mol. The molecule has 0 fully saturated rings. The molecule has 0 heterocycles. The normalized spacial score (nSPS) is 11.2. The molecule has 1 aromatic rings. The van der Waals surface area contributed by atoms with Crippen molar-refractivity contribution in [2.45, 2.75) is 19.1 Å². The van der Waals surface area contributed by atoms with Gasteiger partial charge in [-0.3, -0.25) is 9.59 Å². The molecule has 1 aromatic carbocycles. The summed E-state index contributed by atoms with van der Waals surface area (Å²) >= 11 is 0. The van der Waals surface area contributed by atoms with E-state index in [0.717, 1.165) is 4.90 Å². The zero-order valence-electron chi connectivity index (χ0n) is 10.5. The van der Waals surface area contributed by atoms with Crippen LogP contribution in [-0.4, -0.2) is 29.4 Å². The van der Waals surface area contributed by atoms with Gasteiger partial charge < -0.3 is 16.4 Å². The van der Waals surface area contributed by atoms with Gasteiger partial charge in [0.1, 0.15) is 6.42 Å². The van der Waals surface area contributed by atoms with Crippen molar-refractivity contribution < 1.29 is 22.8 Å². The lowest BCUT2D eigenvalue weighted by Gasteiger charge is -2.22. The minimum Gasteiger partial charge on any atom is -0.399 e. The highest BCUT2D eigenvalue weighted by Crippen LogP contribution is 2.21. The van der Waals surface area contributed by atoms with Gasteiger partial charge in [0.05, 0.1) is 6.54 Å². The molecule has 8 heteroatoms. The highest BCUT2D eigenvalue weighted by Gasteiger charge is 2.33. The molecule has 0 atom stereocenters. The maximum atomic E-state index is 12.2. The van der Waals surface area contributed by atoms with Crippen molar-refractivity contribution in [1.29, 1.82) is 0 Å². The third-order valence-electron chi connectivity index (χ3n) is 2.40. The molecule has 0 saturated heterocycles. The van der Waals surface area contributed by atoms with Crippen molar-refractivity contribution in [2.75, 3.05) is 12.3 Å². The predicted octanol–water partition coefficient (Wildman–Crippen LogP) is 1.04. The van der Waals surface area contributed by atoms with Gasteiger partial charge in [0.2, 0.25) is 11.8 Å². The van der Waals surface area contributed by atoms with Crippen LogP contribution in [-0.2, 0) is 16.1 Å². The number of halogens is 3. The topological polar surface area (TPSA) is 89.4 Å². The number of hydrogen-bond donors (Lipinski definition) is 2. The number of nitrogens with two attached hydrogens (primary N) is 2. The smallest absolute Gasteiger partial charge is 0.397 e. The monoisotopic (exact) mass is 289 g/mol. The standard InChI is InChI=1S/C12H14F3N3O2/c13-12(14,15)5-11(20)18(7-10(17)19)6-8-1-3-9(16)4-2-8/h1-4H,5-7,16H2,(H2,17,19). The number of alkyl halides is 3. The highest BCUT2D eigenvalue weighted by atomic mass is 19.4. The molecule has 0 saturated carbocycles. The average Bonchev–Trinajstić information content (AvgIpc) is 2.28. The molecule has 4 N–H and O–H groups in total. The number of carbonyl (C=O) groups is 2. The van der Waals surface area contributed by atoms with Gasteiger partial charge in [-0.25, -0.2) is 0 Å². The Bertz CT molecular complexity index is 486. The molecule has 0 spiro atoms. The van der Waals surface area contributed by atoms with E-state index in [9.17, 15) is 22.8 Å². The first-order valence-corrected chi connectivity index (χ1v) is 5.64. The third kappa shape index (κ3) is 5.59. The Morgan fingerprint density at radius 3 is 2.15 bits per heavy atom. The van der Waals surface area contributed by atoms with E-state index < -0.39 is 31.0 Å². The second-order valence-corrected chi connectivity index (χ2v) is 4.25. The van der Waals surface area contributed by atoms with Crippen LogP contribution in [0.25, 0.3) is 0 Å². The number of hydrogen-bond acceptors (Lipinski definition) is 3. The van der Waals surface area contributed by atoms with E-state index in [1.54, 1.807) is 24.3 Å². The van der Waals surface area contributed by atoms with Gasteiger partial charge in [0, 0.05) is 12.2 Å². The SMILES string of the molecule is NC(=O)CN(Cc1ccc(N)cc1)C(=O)CC(F)(F)F. The van der Waals surface area contributed by atoms with E-state index in [4.69, 9.17) is 11.5 Å². The van der Waals surface area contributed by atoms with E-state index in [-0.39, 0.29) is 6.54 Å². The number of benzene rings is 1. The Hall–Kier alpha value is -2.25. The molecule has 5 nitrogen and oxygen atoms in total. The lowest BCUT2D eigenvalue weighted by atomic mass is 10.2. The number of nitrogens with zero attached hydrogens (tertiary/aromatic N) is 1. The predicted molar refractivity (Wildman–Crippen MR) is 66.1 cm³/mol. The summed E-state index contributed by atoms with van der Waals surface area (Å²) in [6.07, 6.45) is -6.26. The summed E-state index contributed by atoms with van der Waals surface area (Å²) < 4.78 is 36.6. The highest BCUT2D eigenvalue weighted by molar-refractivity contribution is 5.84. The molecular formula is C12H14F3N3O2. The van der Waals surface area contributed by atoms with E-state index >= 15 is 0 Å². The molecule has 0 unspecified atom stereocenters. The summed E-state index contributed by atoms with van der Waals surface area (Å²) in [7, 11) is 0. The van der Waals surface area contributed by atoms with Crippen LogP contribution in [0.5, 0.6) is 0 Å². The van der Waals surface area contributed by atoms with E-state index in [1.807, 2.05) is 0 Å². The summed E-state index contributed by atoms with van der Waals surface area (Å²) in [5.41, 5.74) is 11.5. The largest absolute Gasteiger partial charge is 0.399 e.